The number of ether oxygens (including phenoxy) is 1. The first-order valence-corrected chi connectivity index (χ1v) is 10.7. The van der Waals surface area contributed by atoms with E-state index in [9.17, 15) is 22.8 Å². The van der Waals surface area contributed by atoms with Crippen LogP contribution >= 0.6 is 0 Å². The fraction of sp³-hybridized carbons (Fsp3) is 0.455. The number of nitrogens with zero attached hydrogens (tertiary/aromatic N) is 5. The average molecular weight is 461 g/mol. The molecule has 3 aliphatic rings. The Morgan fingerprint density at radius 1 is 1.27 bits per heavy atom. The highest BCUT2D eigenvalue weighted by Crippen LogP contribution is 2.36. The van der Waals surface area contributed by atoms with Crippen molar-refractivity contribution in [2.24, 2.45) is 0 Å². The number of aromatic nitrogens is 3. The number of fused-ring (bicyclic) bond motifs is 3. The molecule has 174 valence electrons. The Morgan fingerprint density at radius 2 is 2.09 bits per heavy atom. The van der Waals surface area contributed by atoms with E-state index in [4.69, 9.17) is 4.74 Å². The molecule has 8 nitrogen and oxygen atoms in total. The minimum Gasteiger partial charge on any atom is -0.372 e. The van der Waals surface area contributed by atoms with Crippen LogP contribution in [0.15, 0.2) is 41.1 Å². The number of aryl methyl sites for hydroxylation is 1. The molecular formula is C22H22F3N5O3. The zero-order valence-electron chi connectivity index (χ0n) is 17.9. The molecule has 5 rings (SSSR count). The number of halogens is 3. The summed E-state index contributed by atoms with van der Waals surface area (Å²) in [5.74, 6) is -0.410. The molecule has 5 heterocycles. The van der Waals surface area contributed by atoms with Crippen LogP contribution in [0.1, 0.15) is 28.8 Å². The Bertz CT molecular complexity index is 1190. The second-order valence-corrected chi connectivity index (χ2v) is 8.52. The number of Topliss-reactive ketones (excluding diaryl/α,β-unsaturated/α-hetero) is 1. The summed E-state index contributed by atoms with van der Waals surface area (Å²) in [7, 11) is 0. The number of alkyl halides is 3. The number of ketones is 1. The molecule has 2 aromatic heterocycles. The summed E-state index contributed by atoms with van der Waals surface area (Å²) in [4.78, 5) is 37.0. The van der Waals surface area contributed by atoms with Crippen LogP contribution in [0.5, 0.6) is 0 Å². The molecule has 2 atom stereocenters. The van der Waals surface area contributed by atoms with Gasteiger partial charge in [0, 0.05) is 42.7 Å². The third kappa shape index (κ3) is 4.01. The maximum absolute atomic E-state index is 14.0. The summed E-state index contributed by atoms with van der Waals surface area (Å²) < 4.78 is 48.7. The Labute approximate surface area is 187 Å². The lowest BCUT2D eigenvalue weighted by atomic mass is 10.1. The van der Waals surface area contributed by atoms with Crippen LogP contribution in [0.3, 0.4) is 0 Å². The van der Waals surface area contributed by atoms with Gasteiger partial charge >= 0.3 is 6.18 Å². The number of carbonyl (C=O) groups is 1. The van der Waals surface area contributed by atoms with Crippen LogP contribution in [-0.2, 0) is 11.3 Å². The second-order valence-electron chi connectivity index (χ2n) is 8.52. The average Bonchev–Trinajstić information content (AvgIpc) is 3.06. The van der Waals surface area contributed by atoms with Crippen molar-refractivity contribution in [1.82, 2.24) is 14.5 Å². The molecule has 0 spiro atoms. The first-order valence-electron chi connectivity index (χ1n) is 10.7. The summed E-state index contributed by atoms with van der Waals surface area (Å²) >= 11 is 0. The van der Waals surface area contributed by atoms with Crippen molar-refractivity contribution in [3.63, 3.8) is 0 Å². The van der Waals surface area contributed by atoms with Gasteiger partial charge in [0.05, 0.1) is 25.8 Å². The number of rotatable bonds is 4. The SMILES string of the molecule is Cc1cncc(C(=O)CN2c3nc(N4C[C@@H]5CC4=CCO5)cc(=O)n3CC[C@H]2C(F)(F)F)c1. The second kappa shape index (κ2) is 7.98. The summed E-state index contributed by atoms with van der Waals surface area (Å²) in [5, 5.41) is 0. The molecule has 3 aliphatic heterocycles. The van der Waals surface area contributed by atoms with E-state index in [2.05, 4.69) is 9.97 Å². The highest BCUT2D eigenvalue weighted by molar-refractivity contribution is 5.99. The summed E-state index contributed by atoms with van der Waals surface area (Å²) in [6, 6.07) is 0.987. The predicted octanol–water partition coefficient (Wildman–Crippen LogP) is 2.46. The Balaban J connectivity index is 1.56. The molecule has 1 saturated heterocycles. The van der Waals surface area contributed by atoms with Crippen molar-refractivity contribution in [1.29, 1.82) is 0 Å². The zero-order chi connectivity index (χ0) is 23.3. The fourth-order valence-corrected chi connectivity index (χ4v) is 4.63. The van der Waals surface area contributed by atoms with Crippen LogP contribution < -0.4 is 15.4 Å². The number of hydrogen-bond acceptors (Lipinski definition) is 7. The first-order chi connectivity index (χ1) is 15.7. The van der Waals surface area contributed by atoms with Gasteiger partial charge in [-0.3, -0.25) is 19.1 Å². The summed E-state index contributed by atoms with van der Waals surface area (Å²) in [5.41, 5.74) is 1.41. The Morgan fingerprint density at radius 3 is 2.82 bits per heavy atom. The smallest absolute Gasteiger partial charge is 0.372 e. The molecule has 11 heteroatoms. The fourth-order valence-electron chi connectivity index (χ4n) is 4.63. The van der Waals surface area contributed by atoms with Crippen molar-refractivity contribution in [2.75, 3.05) is 29.5 Å². The number of carbonyl (C=O) groups excluding carboxylic acids is 1. The largest absolute Gasteiger partial charge is 0.408 e. The van der Waals surface area contributed by atoms with E-state index in [1.807, 2.05) is 11.0 Å². The molecule has 0 amide bonds. The lowest BCUT2D eigenvalue weighted by Gasteiger charge is -2.39. The van der Waals surface area contributed by atoms with E-state index in [0.717, 1.165) is 16.2 Å². The number of hydrogen-bond donors (Lipinski definition) is 0. The van der Waals surface area contributed by atoms with Gasteiger partial charge in [0.2, 0.25) is 5.95 Å². The molecule has 2 bridgehead atoms. The molecule has 2 aromatic rings. The third-order valence-electron chi connectivity index (χ3n) is 6.22. The molecule has 0 saturated carbocycles. The van der Waals surface area contributed by atoms with Crippen molar-refractivity contribution < 1.29 is 22.7 Å². The summed E-state index contributed by atoms with van der Waals surface area (Å²) in [6.07, 6.45) is 0.451. The van der Waals surface area contributed by atoms with Gasteiger partial charge < -0.3 is 14.5 Å². The molecular weight excluding hydrogens is 439 g/mol. The maximum atomic E-state index is 14.0. The minimum atomic E-state index is -4.59. The van der Waals surface area contributed by atoms with E-state index < -0.39 is 30.1 Å². The zero-order valence-corrected chi connectivity index (χ0v) is 17.9. The van der Waals surface area contributed by atoms with E-state index in [1.165, 1.54) is 16.8 Å². The van der Waals surface area contributed by atoms with Gasteiger partial charge in [-0.05, 0) is 31.1 Å². The van der Waals surface area contributed by atoms with Gasteiger partial charge in [-0.25, -0.2) is 0 Å². The molecule has 0 aromatic carbocycles. The first kappa shape index (κ1) is 21.6. The van der Waals surface area contributed by atoms with Gasteiger partial charge in [0.1, 0.15) is 11.9 Å². The monoisotopic (exact) mass is 461 g/mol. The Hall–Kier alpha value is -3.21. The van der Waals surface area contributed by atoms with Crippen LogP contribution in [0.25, 0.3) is 0 Å². The van der Waals surface area contributed by atoms with Gasteiger partial charge in [-0.1, -0.05) is 0 Å². The maximum Gasteiger partial charge on any atom is 0.408 e. The standard InChI is InChI=1S/C22H22F3N5O3/c1-13-6-14(10-26-9-13)17(31)12-30-18(22(23,24)25)2-4-28-20(32)8-19(27-21(28)30)29-11-16-7-15(29)3-5-33-16/h3,6,8-10,16,18H,2,4-5,7,11-12H2,1H3/t16-,18-/m0/s1. The number of anilines is 2. The van der Waals surface area contributed by atoms with Crippen molar-refractivity contribution in [3.8, 4) is 0 Å². The number of pyridine rings is 1. The highest BCUT2D eigenvalue weighted by Gasteiger charge is 2.47. The van der Waals surface area contributed by atoms with Crippen LogP contribution in [0.2, 0.25) is 0 Å². The lowest BCUT2D eigenvalue weighted by molar-refractivity contribution is -0.152. The van der Waals surface area contributed by atoms with Crippen LogP contribution in [0, 0.1) is 6.92 Å². The topological polar surface area (TPSA) is 80.6 Å². The third-order valence-corrected chi connectivity index (χ3v) is 6.22. The Kier molecular flexibility index (Phi) is 5.23. The molecule has 0 N–H and O–H groups in total. The molecule has 0 aliphatic carbocycles. The predicted molar refractivity (Wildman–Crippen MR) is 113 cm³/mol. The minimum absolute atomic E-state index is 0.0417. The van der Waals surface area contributed by atoms with E-state index >= 15 is 0 Å². The normalized spacial score (nSPS) is 22.2. The molecule has 1 fully saturated rings. The van der Waals surface area contributed by atoms with Crippen molar-refractivity contribution in [2.45, 2.75) is 44.6 Å². The van der Waals surface area contributed by atoms with Gasteiger partial charge in [0.15, 0.2) is 5.78 Å². The van der Waals surface area contributed by atoms with Gasteiger partial charge in [0.25, 0.3) is 5.56 Å². The summed E-state index contributed by atoms with van der Waals surface area (Å²) in [6.45, 7) is 1.97. The van der Waals surface area contributed by atoms with E-state index in [-0.39, 0.29) is 36.4 Å². The van der Waals surface area contributed by atoms with Gasteiger partial charge in [-0.2, -0.15) is 18.2 Å². The van der Waals surface area contributed by atoms with Crippen molar-refractivity contribution in [3.05, 3.63) is 57.8 Å². The van der Waals surface area contributed by atoms with E-state index in [1.54, 1.807) is 19.2 Å². The van der Waals surface area contributed by atoms with Crippen LogP contribution in [-0.4, -0.2) is 58.3 Å². The lowest BCUT2D eigenvalue weighted by Crippen LogP contribution is -2.54. The van der Waals surface area contributed by atoms with E-state index in [0.29, 0.717) is 19.6 Å². The van der Waals surface area contributed by atoms with Gasteiger partial charge in [-0.15, -0.1) is 0 Å². The molecule has 0 radical (unpaired) electrons. The quantitative estimate of drug-likeness (QED) is 0.647. The van der Waals surface area contributed by atoms with Crippen molar-refractivity contribution >= 4 is 17.5 Å². The highest BCUT2D eigenvalue weighted by atomic mass is 19.4. The van der Waals surface area contributed by atoms with Crippen LogP contribution in [0.4, 0.5) is 24.9 Å². The molecule has 0 unspecified atom stereocenters. The molecule has 33 heavy (non-hydrogen) atoms.